The van der Waals surface area contributed by atoms with Crippen molar-refractivity contribution in [2.45, 2.75) is 26.4 Å². The number of nitrogens with zero attached hydrogens (tertiary/aromatic N) is 2. The number of rotatable bonds is 7. The minimum Gasteiger partial charge on any atom is -0.478 e. The summed E-state index contributed by atoms with van der Waals surface area (Å²) in [7, 11) is 1.94. The number of benzene rings is 2. The van der Waals surface area contributed by atoms with Crippen molar-refractivity contribution in [2.75, 3.05) is 11.9 Å². The molecule has 30 heavy (non-hydrogen) atoms. The van der Waals surface area contributed by atoms with Gasteiger partial charge in [0.2, 0.25) is 0 Å². The molecule has 0 unspecified atom stereocenters. The van der Waals surface area contributed by atoms with Crippen molar-refractivity contribution in [3.8, 4) is 0 Å². The molecule has 3 rings (SSSR count). The summed E-state index contributed by atoms with van der Waals surface area (Å²) >= 11 is 12.6. The average Bonchev–Trinajstić information content (AvgIpc) is 2.71. The third kappa shape index (κ3) is 5.04. The zero-order chi connectivity index (χ0) is 21.8. The summed E-state index contributed by atoms with van der Waals surface area (Å²) in [6.07, 6.45) is 0.539. The van der Waals surface area contributed by atoms with Crippen molar-refractivity contribution in [2.24, 2.45) is 0 Å². The molecule has 0 aliphatic heterocycles. The second-order valence-corrected chi connectivity index (χ2v) is 8.01. The summed E-state index contributed by atoms with van der Waals surface area (Å²) in [5, 5.41) is 9.54. The van der Waals surface area contributed by atoms with E-state index in [1.165, 1.54) is 6.07 Å². The van der Waals surface area contributed by atoms with Crippen molar-refractivity contribution in [3.63, 3.8) is 0 Å². The van der Waals surface area contributed by atoms with Gasteiger partial charge in [0.05, 0.1) is 22.8 Å². The van der Waals surface area contributed by atoms with Gasteiger partial charge >= 0.3 is 5.97 Å². The molecule has 1 heterocycles. The third-order valence-electron chi connectivity index (χ3n) is 4.96. The Morgan fingerprint density at radius 1 is 1.07 bits per heavy atom. The van der Waals surface area contributed by atoms with Crippen molar-refractivity contribution in [1.82, 2.24) is 4.57 Å². The summed E-state index contributed by atoms with van der Waals surface area (Å²) < 4.78 is 1.60. The van der Waals surface area contributed by atoms with Crippen LogP contribution in [0.25, 0.3) is 0 Å². The summed E-state index contributed by atoms with van der Waals surface area (Å²) in [5.41, 5.74) is 3.68. The van der Waals surface area contributed by atoms with Gasteiger partial charge in [-0.1, -0.05) is 47.5 Å². The number of aromatic carboxylic acids is 1. The molecule has 0 bridgehead atoms. The second-order valence-electron chi connectivity index (χ2n) is 7.19. The molecular formula is C23H22Cl2N2O3. The molecule has 0 fully saturated rings. The molecule has 3 aromatic rings. The molecule has 0 atom stereocenters. The first-order valence-corrected chi connectivity index (χ1v) is 10.2. The van der Waals surface area contributed by atoms with Gasteiger partial charge in [-0.25, -0.2) is 4.79 Å². The first-order valence-electron chi connectivity index (χ1n) is 9.44. The van der Waals surface area contributed by atoms with E-state index < -0.39 is 5.97 Å². The topological polar surface area (TPSA) is 62.5 Å². The Morgan fingerprint density at radius 3 is 2.40 bits per heavy atom. The molecule has 0 amide bonds. The van der Waals surface area contributed by atoms with Crippen LogP contribution in [0.2, 0.25) is 10.0 Å². The van der Waals surface area contributed by atoms with Crippen LogP contribution in [-0.4, -0.2) is 22.7 Å². The van der Waals surface area contributed by atoms with Crippen LogP contribution in [0.15, 0.2) is 59.4 Å². The van der Waals surface area contributed by atoms with Crippen molar-refractivity contribution < 1.29 is 9.90 Å². The molecule has 0 aliphatic carbocycles. The smallest absolute Gasteiger partial charge is 0.335 e. The van der Waals surface area contributed by atoms with Crippen LogP contribution in [-0.2, 0) is 19.5 Å². The number of anilines is 1. The second kappa shape index (κ2) is 9.37. The average molecular weight is 445 g/mol. The molecule has 0 aliphatic rings. The molecule has 0 saturated heterocycles. The lowest BCUT2D eigenvalue weighted by Crippen LogP contribution is -2.29. The lowest BCUT2D eigenvalue weighted by molar-refractivity contribution is 0.0697. The molecule has 1 N–H and O–H groups in total. The van der Waals surface area contributed by atoms with E-state index in [1.54, 1.807) is 28.8 Å². The quantitative estimate of drug-likeness (QED) is 0.554. The predicted molar refractivity (Wildman–Crippen MR) is 121 cm³/mol. The maximum Gasteiger partial charge on any atom is 0.335 e. The summed E-state index contributed by atoms with van der Waals surface area (Å²) in [6, 6.07) is 16.2. The first kappa shape index (κ1) is 21.9. The van der Waals surface area contributed by atoms with Gasteiger partial charge in [-0.15, -0.1) is 0 Å². The molecule has 2 aromatic carbocycles. The van der Waals surface area contributed by atoms with Gasteiger partial charge in [-0.2, -0.15) is 0 Å². The molecular weight excluding hydrogens is 423 g/mol. The summed E-state index contributed by atoms with van der Waals surface area (Å²) in [4.78, 5) is 25.8. The number of aromatic nitrogens is 1. The van der Waals surface area contributed by atoms with Crippen molar-refractivity contribution in [3.05, 3.63) is 97.4 Å². The fourth-order valence-electron chi connectivity index (χ4n) is 3.27. The highest BCUT2D eigenvalue weighted by Crippen LogP contribution is 2.23. The van der Waals surface area contributed by atoms with Gasteiger partial charge in [-0.3, -0.25) is 4.79 Å². The summed E-state index contributed by atoms with van der Waals surface area (Å²) in [5.74, 6) is -0.971. The number of carboxylic acids is 1. The maximum atomic E-state index is 12.8. The zero-order valence-corrected chi connectivity index (χ0v) is 18.2. The van der Waals surface area contributed by atoms with Gasteiger partial charge in [0.25, 0.3) is 5.56 Å². The highest BCUT2D eigenvalue weighted by molar-refractivity contribution is 6.34. The van der Waals surface area contributed by atoms with E-state index in [1.807, 2.05) is 37.1 Å². The number of pyridine rings is 1. The normalized spacial score (nSPS) is 10.8. The van der Waals surface area contributed by atoms with Crippen LogP contribution < -0.4 is 10.5 Å². The van der Waals surface area contributed by atoms with E-state index in [0.29, 0.717) is 30.2 Å². The van der Waals surface area contributed by atoms with Gasteiger partial charge in [0.15, 0.2) is 0 Å². The molecule has 156 valence electrons. The monoisotopic (exact) mass is 444 g/mol. The zero-order valence-electron chi connectivity index (χ0n) is 16.7. The van der Waals surface area contributed by atoms with Crippen LogP contribution in [0.4, 0.5) is 5.69 Å². The lowest BCUT2D eigenvalue weighted by Gasteiger charge is -2.23. The van der Waals surface area contributed by atoms with Crippen LogP contribution in [0, 0.1) is 6.92 Å². The van der Waals surface area contributed by atoms with E-state index in [4.69, 9.17) is 28.3 Å². The fourth-order valence-corrected chi connectivity index (χ4v) is 3.81. The number of hydrogen-bond acceptors (Lipinski definition) is 3. The fraction of sp³-hybridized carbons (Fsp3) is 0.217. The standard InChI is InChI=1S/C23H22Cl2N2O3/c1-15-4-3-5-18(12-15)26(2)14-21-19(24)13-20(25)22(28)27(21)11-10-16-6-8-17(9-7-16)23(29)30/h3-9,12-13H,10-11,14H2,1-2H3,(H,29,30). The minimum absolute atomic E-state index is 0.0724. The Hall–Kier alpha value is -2.76. The van der Waals surface area contributed by atoms with Gasteiger partial charge in [-0.05, 0) is 54.8 Å². The van der Waals surface area contributed by atoms with Crippen molar-refractivity contribution in [1.29, 1.82) is 0 Å². The SMILES string of the molecule is Cc1cccc(N(C)Cc2c(Cl)cc(Cl)c(=O)n2CCc2ccc(C(=O)O)cc2)c1. The number of halogens is 2. The van der Waals surface area contributed by atoms with Crippen LogP contribution in [0.1, 0.15) is 27.2 Å². The number of carboxylic acid groups (broad SMARTS) is 1. The van der Waals surface area contributed by atoms with E-state index in [9.17, 15) is 9.59 Å². The van der Waals surface area contributed by atoms with Gasteiger partial charge < -0.3 is 14.6 Å². The highest BCUT2D eigenvalue weighted by atomic mass is 35.5. The molecule has 0 radical (unpaired) electrons. The molecule has 0 saturated carbocycles. The molecule has 5 nitrogen and oxygen atoms in total. The third-order valence-corrected chi connectivity index (χ3v) is 5.56. The summed E-state index contributed by atoms with van der Waals surface area (Å²) in [6.45, 7) is 2.84. The van der Waals surface area contributed by atoms with Crippen LogP contribution in [0.3, 0.4) is 0 Å². The lowest BCUT2D eigenvalue weighted by atomic mass is 10.1. The van der Waals surface area contributed by atoms with E-state index in [0.717, 1.165) is 16.8 Å². The molecule has 1 aromatic heterocycles. The van der Waals surface area contributed by atoms with E-state index >= 15 is 0 Å². The number of aryl methyl sites for hydroxylation is 2. The number of carbonyl (C=O) groups is 1. The largest absolute Gasteiger partial charge is 0.478 e. The van der Waals surface area contributed by atoms with E-state index in [2.05, 4.69) is 6.07 Å². The molecule has 0 spiro atoms. The maximum absolute atomic E-state index is 12.8. The van der Waals surface area contributed by atoms with E-state index in [-0.39, 0.29) is 16.1 Å². The number of hydrogen-bond donors (Lipinski definition) is 1. The Kier molecular flexibility index (Phi) is 6.85. The highest BCUT2D eigenvalue weighted by Gasteiger charge is 2.15. The Balaban J connectivity index is 1.87. The minimum atomic E-state index is -0.971. The predicted octanol–water partition coefficient (Wildman–Crippen LogP) is 5.04. The molecule has 7 heteroatoms. The van der Waals surface area contributed by atoms with Gasteiger partial charge in [0.1, 0.15) is 5.02 Å². The van der Waals surface area contributed by atoms with Crippen LogP contribution >= 0.6 is 23.2 Å². The Morgan fingerprint density at radius 2 is 1.77 bits per heavy atom. The van der Waals surface area contributed by atoms with Crippen LogP contribution in [0.5, 0.6) is 0 Å². The van der Waals surface area contributed by atoms with Gasteiger partial charge in [0, 0.05) is 19.3 Å². The Labute approximate surface area is 185 Å². The first-order chi connectivity index (χ1) is 14.3. The van der Waals surface area contributed by atoms with Crippen molar-refractivity contribution >= 4 is 34.9 Å². The Bertz CT molecular complexity index is 1120.